The molecule has 0 aromatic rings. The van der Waals surface area contributed by atoms with Gasteiger partial charge in [-0.15, -0.1) is 12.4 Å². The first-order chi connectivity index (χ1) is 8.74. The van der Waals surface area contributed by atoms with Crippen molar-refractivity contribution in [3.05, 3.63) is 0 Å². The molecule has 0 saturated carbocycles. The van der Waals surface area contributed by atoms with Gasteiger partial charge in [0.05, 0.1) is 6.04 Å². The molecule has 1 saturated heterocycles. The van der Waals surface area contributed by atoms with Gasteiger partial charge >= 0.3 is 6.18 Å². The van der Waals surface area contributed by atoms with Gasteiger partial charge in [-0.3, -0.25) is 9.59 Å². The summed E-state index contributed by atoms with van der Waals surface area (Å²) in [7, 11) is 0. The monoisotopic (exact) mass is 317 g/mol. The third-order valence-corrected chi connectivity index (χ3v) is 2.92. The lowest BCUT2D eigenvalue weighted by Crippen LogP contribution is -2.49. The van der Waals surface area contributed by atoms with Crippen molar-refractivity contribution >= 4 is 24.2 Å². The molecule has 1 aliphatic heterocycles. The molecule has 0 bridgehead atoms. The smallest absolute Gasteiger partial charge is 0.343 e. The standard InChI is InChI=1S/C11H18F3N3O2.ClH/c1-2-3-7(15)9(18)16-8-4-5-17(10(8)19)6-11(12,13)14;/h7-8H,2-6,15H2,1H3,(H,16,18);1H. The Bertz CT molecular complexity index is 352. The SMILES string of the molecule is CCCC(N)C(=O)NC1CCN(CC(F)(F)F)C1=O.Cl. The summed E-state index contributed by atoms with van der Waals surface area (Å²) in [4.78, 5) is 24.0. The van der Waals surface area contributed by atoms with E-state index >= 15 is 0 Å². The maximum Gasteiger partial charge on any atom is 0.406 e. The molecule has 9 heteroatoms. The molecule has 0 radical (unpaired) electrons. The van der Waals surface area contributed by atoms with Crippen molar-refractivity contribution in [3.8, 4) is 0 Å². The Hall–Kier alpha value is -1.02. The van der Waals surface area contributed by atoms with Gasteiger partial charge in [0.25, 0.3) is 0 Å². The third-order valence-electron chi connectivity index (χ3n) is 2.92. The molecule has 1 aliphatic rings. The number of alkyl halides is 3. The zero-order valence-electron chi connectivity index (χ0n) is 11.1. The van der Waals surface area contributed by atoms with E-state index < -0.39 is 36.6 Å². The minimum Gasteiger partial charge on any atom is -0.343 e. The van der Waals surface area contributed by atoms with Gasteiger partial charge in [0.1, 0.15) is 12.6 Å². The number of rotatable bonds is 5. The maximum atomic E-state index is 12.2. The summed E-state index contributed by atoms with van der Waals surface area (Å²) in [5.74, 6) is -1.19. The van der Waals surface area contributed by atoms with Crippen LogP contribution in [-0.4, -0.2) is 48.1 Å². The number of hydrogen-bond donors (Lipinski definition) is 2. The Labute approximate surface area is 121 Å². The highest BCUT2D eigenvalue weighted by atomic mass is 35.5. The van der Waals surface area contributed by atoms with Gasteiger partial charge < -0.3 is 16.0 Å². The van der Waals surface area contributed by atoms with E-state index in [4.69, 9.17) is 5.73 Å². The summed E-state index contributed by atoms with van der Waals surface area (Å²) in [5.41, 5.74) is 5.57. The Kier molecular flexibility index (Phi) is 7.29. The van der Waals surface area contributed by atoms with Crippen LogP contribution in [0.2, 0.25) is 0 Å². The number of halogens is 4. The number of carbonyl (C=O) groups is 2. The molecule has 0 aromatic heterocycles. The van der Waals surface area contributed by atoms with Crippen LogP contribution in [0.15, 0.2) is 0 Å². The van der Waals surface area contributed by atoms with Crippen LogP contribution < -0.4 is 11.1 Å². The van der Waals surface area contributed by atoms with Crippen molar-refractivity contribution in [3.63, 3.8) is 0 Å². The zero-order valence-corrected chi connectivity index (χ0v) is 11.9. The molecule has 0 aromatic carbocycles. The first kappa shape index (κ1) is 19.0. The second-order valence-corrected chi connectivity index (χ2v) is 4.62. The highest BCUT2D eigenvalue weighted by Crippen LogP contribution is 2.20. The van der Waals surface area contributed by atoms with Gasteiger partial charge in [0.2, 0.25) is 11.8 Å². The van der Waals surface area contributed by atoms with E-state index in [1.54, 1.807) is 0 Å². The van der Waals surface area contributed by atoms with Gasteiger partial charge in [0.15, 0.2) is 0 Å². The van der Waals surface area contributed by atoms with Gasteiger partial charge in [0, 0.05) is 6.54 Å². The molecule has 2 atom stereocenters. The predicted molar refractivity (Wildman–Crippen MR) is 69.3 cm³/mol. The van der Waals surface area contributed by atoms with E-state index in [0.717, 1.165) is 0 Å². The van der Waals surface area contributed by atoms with Crippen LogP contribution >= 0.6 is 12.4 Å². The van der Waals surface area contributed by atoms with E-state index in [1.807, 2.05) is 6.92 Å². The van der Waals surface area contributed by atoms with Gasteiger partial charge in [-0.25, -0.2) is 0 Å². The summed E-state index contributed by atoms with van der Waals surface area (Å²) in [5, 5.41) is 2.41. The molecule has 2 unspecified atom stereocenters. The maximum absolute atomic E-state index is 12.2. The molecular weight excluding hydrogens is 299 g/mol. The lowest BCUT2D eigenvalue weighted by atomic mass is 10.1. The van der Waals surface area contributed by atoms with Gasteiger partial charge in [-0.1, -0.05) is 13.3 Å². The average Bonchev–Trinajstić information content (AvgIpc) is 2.60. The summed E-state index contributed by atoms with van der Waals surface area (Å²) >= 11 is 0. The molecule has 0 spiro atoms. The lowest BCUT2D eigenvalue weighted by Gasteiger charge is -2.19. The van der Waals surface area contributed by atoms with Crippen molar-refractivity contribution in [2.45, 2.75) is 44.4 Å². The first-order valence-electron chi connectivity index (χ1n) is 6.16. The zero-order chi connectivity index (χ0) is 14.6. The Morgan fingerprint density at radius 3 is 2.65 bits per heavy atom. The highest BCUT2D eigenvalue weighted by Gasteiger charge is 2.40. The summed E-state index contributed by atoms with van der Waals surface area (Å²) in [6, 6.07) is -1.62. The number of nitrogens with two attached hydrogens (primary N) is 1. The summed E-state index contributed by atoms with van der Waals surface area (Å²) < 4.78 is 36.6. The topological polar surface area (TPSA) is 75.4 Å². The molecule has 20 heavy (non-hydrogen) atoms. The van der Waals surface area contributed by atoms with Crippen LogP contribution in [0.5, 0.6) is 0 Å². The predicted octanol–water partition coefficient (Wildman–Crippen LogP) is 0.815. The molecular formula is C11H19ClF3N3O2. The first-order valence-corrected chi connectivity index (χ1v) is 6.16. The second kappa shape index (κ2) is 7.68. The van der Waals surface area contributed by atoms with E-state index in [1.165, 1.54) is 0 Å². The fourth-order valence-electron chi connectivity index (χ4n) is 1.97. The van der Waals surface area contributed by atoms with E-state index in [9.17, 15) is 22.8 Å². The van der Waals surface area contributed by atoms with Crippen molar-refractivity contribution in [1.82, 2.24) is 10.2 Å². The second-order valence-electron chi connectivity index (χ2n) is 4.62. The van der Waals surface area contributed by atoms with Crippen molar-refractivity contribution in [2.24, 2.45) is 5.73 Å². The number of hydrogen-bond acceptors (Lipinski definition) is 3. The summed E-state index contributed by atoms with van der Waals surface area (Å²) in [6.07, 6.45) is -3.06. The Morgan fingerprint density at radius 2 is 2.15 bits per heavy atom. The van der Waals surface area contributed by atoms with Crippen LogP contribution in [0.25, 0.3) is 0 Å². The Balaban J connectivity index is 0.00000361. The molecule has 1 fully saturated rings. The van der Waals surface area contributed by atoms with Crippen molar-refractivity contribution in [2.75, 3.05) is 13.1 Å². The van der Waals surface area contributed by atoms with Gasteiger partial charge in [-0.05, 0) is 12.8 Å². The molecule has 0 aliphatic carbocycles. The number of likely N-dealkylation sites (tertiary alicyclic amines) is 1. The fourth-order valence-corrected chi connectivity index (χ4v) is 1.97. The number of nitrogens with one attached hydrogen (secondary N) is 1. The van der Waals surface area contributed by atoms with Crippen LogP contribution in [0.4, 0.5) is 13.2 Å². The van der Waals surface area contributed by atoms with E-state index in [-0.39, 0.29) is 25.4 Å². The van der Waals surface area contributed by atoms with Gasteiger partial charge in [-0.2, -0.15) is 13.2 Å². The minimum atomic E-state index is -4.42. The number of nitrogens with zero attached hydrogens (tertiary/aromatic N) is 1. The molecule has 118 valence electrons. The molecule has 1 rings (SSSR count). The van der Waals surface area contributed by atoms with Crippen LogP contribution in [0.3, 0.4) is 0 Å². The van der Waals surface area contributed by atoms with Crippen molar-refractivity contribution in [1.29, 1.82) is 0 Å². The molecule has 2 amide bonds. The fraction of sp³-hybridized carbons (Fsp3) is 0.818. The average molecular weight is 318 g/mol. The quantitative estimate of drug-likeness (QED) is 0.788. The minimum absolute atomic E-state index is 0. The van der Waals surface area contributed by atoms with Crippen LogP contribution in [0, 0.1) is 0 Å². The molecule has 1 heterocycles. The summed E-state index contributed by atoms with van der Waals surface area (Å²) in [6.45, 7) is 0.574. The lowest BCUT2D eigenvalue weighted by molar-refractivity contribution is -0.158. The third kappa shape index (κ3) is 5.54. The van der Waals surface area contributed by atoms with Crippen LogP contribution in [0.1, 0.15) is 26.2 Å². The van der Waals surface area contributed by atoms with Crippen LogP contribution in [-0.2, 0) is 9.59 Å². The molecule has 5 nitrogen and oxygen atoms in total. The normalized spacial score (nSPS) is 20.6. The highest BCUT2D eigenvalue weighted by molar-refractivity contribution is 5.90. The largest absolute Gasteiger partial charge is 0.406 e. The van der Waals surface area contributed by atoms with Crippen molar-refractivity contribution < 1.29 is 22.8 Å². The van der Waals surface area contributed by atoms with E-state index in [0.29, 0.717) is 17.7 Å². The number of amides is 2. The van der Waals surface area contributed by atoms with E-state index in [2.05, 4.69) is 5.32 Å². The molecule has 3 N–H and O–H groups in total. The Morgan fingerprint density at radius 1 is 1.55 bits per heavy atom. The number of carbonyl (C=O) groups excluding carboxylic acids is 2.